The maximum absolute atomic E-state index is 11.5. The maximum atomic E-state index is 11.5. The number of nitrogen functional groups attached to an aromatic ring is 1. The number of nitrogens with one attached hydrogen (secondary N) is 2. The summed E-state index contributed by atoms with van der Waals surface area (Å²) in [5, 5.41) is 14.7. The van der Waals surface area contributed by atoms with Gasteiger partial charge in [-0.1, -0.05) is 0 Å². The Balaban J connectivity index is 2.89. The standard InChI is InChI=1S/C12H19N3O3/c1-14-12(17)8-3-4-10(13)11(5-8)15-9(6-16)7-18-2/h3-5,9,15-16H,6-7,13H2,1-2H3,(H,14,17). The largest absolute Gasteiger partial charge is 0.397 e. The minimum absolute atomic E-state index is 0.0858. The predicted octanol–water partition coefficient (Wildman–Crippen LogP) is 0.0476. The number of rotatable bonds is 6. The number of amides is 1. The van der Waals surface area contributed by atoms with Crippen LogP contribution in [0.1, 0.15) is 10.4 Å². The summed E-state index contributed by atoms with van der Waals surface area (Å²) in [5.41, 5.74) is 7.43. The number of aliphatic hydroxyl groups is 1. The molecule has 5 N–H and O–H groups in total. The zero-order valence-corrected chi connectivity index (χ0v) is 10.6. The molecule has 0 fully saturated rings. The van der Waals surface area contributed by atoms with E-state index in [0.29, 0.717) is 23.5 Å². The number of nitrogens with two attached hydrogens (primary N) is 1. The van der Waals surface area contributed by atoms with Gasteiger partial charge >= 0.3 is 0 Å². The van der Waals surface area contributed by atoms with E-state index >= 15 is 0 Å². The lowest BCUT2D eigenvalue weighted by atomic mass is 10.1. The first-order valence-corrected chi connectivity index (χ1v) is 5.60. The summed E-state index contributed by atoms with van der Waals surface area (Å²) < 4.78 is 4.96. The topological polar surface area (TPSA) is 96.6 Å². The molecule has 0 aromatic heterocycles. The Bertz CT molecular complexity index is 410. The molecule has 18 heavy (non-hydrogen) atoms. The monoisotopic (exact) mass is 253 g/mol. The summed E-state index contributed by atoms with van der Waals surface area (Å²) in [6.45, 7) is 0.262. The van der Waals surface area contributed by atoms with Crippen LogP contribution < -0.4 is 16.4 Å². The molecule has 0 aliphatic rings. The van der Waals surface area contributed by atoms with Crippen LogP contribution in [0.5, 0.6) is 0 Å². The molecular weight excluding hydrogens is 234 g/mol. The number of benzene rings is 1. The van der Waals surface area contributed by atoms with Gasteiger partial charge in [0, 0.05) is 19.7 Å². The molecule has 1 unspecified atom stereocenters. The van der Waals surface area contributed by atoms with Crippen molar-refractivity contribution < 1.29 is 14.6 Å². The van der Waals surface area contributed by atoms with Crippen LogP contribution in [0, 0.1) is 0 Å². The highest BCUT2D eigenvalue weighted by Gasteiger charge is 2.11. The van der Waals surface area contributed by atoms with Gasteiger partial charge in [-0.15, -0.1) is 0 Å². The van der Waals surface area contributed by atoms with Gasteiger partial charge in [0.15, 0.2) is 0 Å². The normalized spacial score (nSPS) is 11.9. The van der Waals surface area contributed by atoms with Crippen molar-refractivity contribution in [3.05, 3.63) is 23.8 Å². The molecule has 0 radical (unpaired) electrons. The predicted molar refractivity (Wildman–Crippen MR) is 70.6 cm³/mol. The molecule has 1 rings (SSSR count). The van der Waals surface area contributed by atoms with Crippen LogP contribution in [0.15, 0.2) is 18.2 Å². The number of anilines is 2. The lowest BCUT2D eigenvalue weighted by molar-refractivity contribution is 0.0963. The van der Waals surface area contributed by atoms with E-state index in [1.807, 2.05) is 0 Å². The fourth-order valence-electron chi connectivity index (χ4n) is 1.53. The van der Waals surface area contributed by atoms with Crippen molar-refractivity contribution in [1.82, 2.24) is 5.32 Å². The number of ether oxygens (including phenoxy) is 1. The van der Waals surface area contributed by atoms with Gasteiger partial charge in [0.2, 0.25) is 0 Å². The van der Waals surface area contributed by atoms with Crippen LogP contribution in [-0.4, -0.2) is 44.4 Å². The molecule has 0 saturated carbocycles. The van der Waals surface area contributed by atoms with Crippen LogP contribution >= 0.6 is 0 Å². The Hall–Kier alpha value is -1.79. The molecular formula is C12H19N3O3. The summed E-state index contributed by atoms with van der Waals surface area (Å²) in [6, 6.07) is 4.67. The Morgan fingerprint density at radius 1 is 1.56 bits per heavy atom. The fraction of sp³-hybridized carbons (Fsp3) is 0.417. The van der Waals surface area contributed by atoms with E-state index in [0.717, 1.165) is 0 Å². The molecule has 0 spiro atoms. The molecule has 100 valence electrons. The van der Waals surface area contributed by atoms with Crippen LogP contribution in [-0.2, 0) is 4.74 Å². The highest BCUT2D eigenvalue weighted by atomic mass is 16.5. The molecule has 0 saturated heterocycles. The lowest BCUT2D eigenvalue weighted by Gasteiger charge is -2.18. The second kappa shape index (κ2) is 6.83. The van der Waals surface area contributed by atoms with Crippen molar-refractivity contribution in [2.45, 2.75) is 6.04 Å². The van der Waals surface area contributed by atoms with Crippen molar-refractivity contribution in [3.8, 4) is 0 Å². The average molecular weight is 253 g/mol. The highest BCUT2D eigenvalue weighted by molar-refractivity contribution is 5.96. The quantitative estimate of drug-likeness (QED) is 0.537. The third kappa shape index (κ3) is 3.61. The minimum atomic E-state index is -0.266. The Kier molecular flexibility index (Phi) is 5.41. The fourth-order valence-corrected chi connectivity index (χ4v) is 1.53. The maximum Gasteiger partial charge on any atom is 0.251 e. The van der Waals surface area contributed by atoms with Crippen molar-refractivity contribution in [3.63, 3.8) is 0 Å². The van der Waals surface area contributed by atoms with Gasteiger partial charge in [0.1, 0.15) is 0 Å². The molecule has 0 aliphatic carbocycles. The zero-order valence-electron chi connectivity index (χ0n) is 10.6. The van der Waals surface area contributed by atoms with Gasteiger partial charge < -0.3 is 26.2 Å². The van der Waals surface area contributed by atoms with E-state index in [1.54, 1.807) is 32.4 Å². The van der Waals surface area contributed by atoms with E-state index in [1.165, 1.54) is 0 Å². The van der Waals surface area contributed by atoms with E-state index in [2.05, 4.69) is 10.6 Å². The molecule has 6 nitrogen and oxygen atoms in total. The molecule has 1 amide bonds. The smallest absolute Gasteiger partial charge is 0.251 e. The van der Waals surface area contributed by atoms with Gasteiger partial charge in [-0.2, -0.15) is 0 Å². The Labute approximate surface area is 106 Å². The van der Waals surface area contributed by atoms with Gasteiger partial charge in [0.05, 0.1) is 30.6 Å². The number of carbonyl (C=O) groups is 1. The van der Waals surface area contributed by atoms with Crippen LogP contribution in [0.4, 0.5) is 11.4 Å². The first kappa shape index (κ1) is 14.3. The highest BCUT2D eigenvalue weighted by Crippen LogP contribution is 2.21. The average Bonchev–Trinajstić information content (AvgIpc) is 2.39. The second-order valence-electron chi connectivity index (χ2n) is 3.86. The first-order valence-electron chi connectivity index (χ1n) is 5.60. The van der Waals surface area contributed by atoms with Crippen molar-refractivity contribution >= 4 is 17.3 Å². The SMILES string of the molecule is CNC(=O)c1ccc(N)c(NC(CO)COC)c1. The number of hydrogen-bond donors (Lipinski definition) is 4. The van der Waals surface area contributed by atoms with Crippen LogP contribution in [0.2, 0.25) is 0 Å². The van der Waals surface area contributed by atoms with Gasteiger partial charge in [0.25, 0.3) is 5.91 Å². The number of aliphatic hydroxyl groups excluding tert-OH is 1. The number of methoxy groups -OCH3 is 1. The van der Waals surface area contributed by atoms with E-state index in [-0.39, 0.29) is 18.6 Å². The van der Waals surface area contributed by atoms with E-state index < -0.39 is 0 Å². The first-order chi connectivity index (χ1) is 8.62. The Morgan fingerprint density at radius 2 is 2.28 bits per heavy atom. The molecule has 1 atom stereocenters. The second-order valence-corrected chi connectivity index (χ2v) is 3.86. The summed E-state index contributed by atoms with van der Waals surface area (Å²) in [6.07, 6.45) is 0. The Morgan fingerprint density at radius 3 is 2.83 bits per heavy atom. The molecule has 0 heterocycles. The summed E-state index contributed by atoms with van der Waals surface area (Å²) in [7, 11) is 3.11. The van der Waals surface area contributed by atoms with Gasteiger partial charge in [-0.3, -0.25) is 4.79 Å². The summed E-state index contributed by atoms with van der Waals surface area (Å²) >= 11 is 0. The molecule has 1 aromatic rings. The van der Waals surface area contributed by atoms with Crippen molar-refractivity contribution in [1.29, 1.82) is 0 Å². The number of hydrogen-bond acceptors (Lipinski definition) is 5. The molecule has 0 aliphatic heterocycles. The lowest BCUT2D eigenvalue weighted by Crippen LogP contribution is -2.29. The van der Waals surface area contributed by atoms with Crippen LogP contribution in [0.25, 0.3) is 0 Å². The minimum Gasteiger partial charge on any atom is -0.397 e. The molecule has 1 aromatic carbocycles. The van der Waals surface area contributed by atoms with E-state index in [4.69, 9.17) is 10.5 Å². The third-order valence-corrected chi connectivity index (χ3v) is 2.49. The van der Waals surface area contributed by atoms with E-state index in [9.17, 15) is 9.90 Å². The molecule has 6 heteroatoms. The third-order valence-electron chi connectivity index (χ3n) is 2.49. The molecule has 0 bridgehead atoms. The van der Waals surface area contributed by atoms with Gasteiger partial charge in [-0.05, 0) is 18.2 Å². The summed E-state index contributed by atoms with van der Waals surface area (Å²) in [4.78, 5) is 11.5. The number of carbonyl (C=O) groups excluding carboxylic acids is 1. The van der Waals surface area contributed by atoms with Crippen molar-refractivity contribution in [2.24, 2.45) is 0 Å². The van der Waals surface area contributed by atoms with Crippen molar-refractivity contribution in [2.75, 3.05) is 38.4 Å². The summed E-state index contributed by atoms with van der Waals surface area (Å²) in [5.74, 6) is -0.190. The zero-order chi connectivity index (χ0) is 13.5. The van der Waals surface area contributed by atoms with Crippen LogP contribution in [0.3, 0.4) is 0 Å². The van der Waals surface area contributed by atoms with Gasteiger partial charge in [-0.25, -0.2) is 0 Å².